The molecule has 8 nitrogen and oxygen atoms in total. The number of guanidine groups is 1. The Morgan fingerprint density at radius 2 is 2.07 bits per heavy atom. The van der Waals surface area contributed by atoms with Gasteiger partial charge in [-0.3, -0.25) is 4.99 Å². The van der Waals surface area contributed by atoms with Crippen LogP contribution in [0.1, 0.15) is 12.5 Å². The normalized spacial score (nSPS) is 15.7. The predicted octanol–water partition coefficient (Wildman–Crippen LogP) is 1.68. The van der Waals surface area contributed by atoms with E-state index >= 15 is 0 Å². The zero-order chi connectivity index (χ0) is 20.7. The van der Waals surface area contributed by atoms with E-state index in [9.17, 15) is 12.8 Å². The Hall–Kier alpha value is -1.44. The molecule has 0 atom stereocenters. The lowest BCUT2D eigenvalue weighted by Crippen LogP contribution is -2.42. The highest BCUT2D eigenvalue weighted by Gasteiger charge is 2.23. The molecule has 0 saturated carbocycles. The second-order valence-corrected chi connectivity index (χ2v) is 8.86. The third kappa shape index (κ3) is 6.79. The number of aromatic amines is 1. The number of benzene rings is 1. The van der Waals surface area contributed by atoms with E-state index in [4.69, 9.17) is 4.74 Å². The third-order valence-corrected chi connectivity index (χ3v) is 6.59. The fourth-order valence-corrected chi connectivity index (χ4v) is 4.53. The van der Waals surface area contributed by atoms with Crippen LogP contribution in [-0.4, -0.2) is 75.4 Å². The van der Waals surface area contributed by atoms with Crippen molar-refractivity contribution in [3.05, 3.63) is 35.8 Å². The maximum Gasteiger partial charge on any atom is 0.216 e. The summed E-state index contributed by atoms with van der Waals surface area (Å²) in [5.74, 6) is 0.268. The smallest absolute Gasteiger partial charge is 0.216 e. The Morgan fingerprint density at radius 1 is 1.30 bits per heavy atom. The minimum absolute atomic E-state index is 0. The summed E-state index contributed by atoms with van der Waals surface area (Å²) in [6.07, 6.45) is 2.56. The van der Waals surface area contributed by atoms with Crippen LogP contribution in [0.5, 0.6) is 0 Å². The van der Waals surface area contributed by atoms with E-state index in [1.54, 1.807) is 6.07 Å². The third-order valence-electron chi connectivity index (χ3n) is 4.74. The number of sulfonamides is 1. The topological polar surface area (TPSA) is 98.8 Å². The Morgan fingerprint density at radius 3 is 2.80 bits per heavy atom. The van der Waals surface area contributed by atoms with Crippen molar-refractivity contribution in [1.82, 2.24) is 19.9 Å². The van der Waals surface area contributed by atoms with E-state index in [1.807, 2.05) is 13.1 Å². The summed E-state index contributed by atoms with van der Waals surface area (Å²) < 4.78 is 44.9. The highest BCUT2D eigenvalue weighted by molar-refractivity contribution is 14.0. The van der Waals surface area contributed by atoms with Gasteiger partial charge in [-0.25, -0.2) is 12.8 Å². The molecule has 0 radical (unpaired) electrons. The lowest BCUT2D eigenvalue weighted by molar-refractivity contribution is 0.0731. The van der Waals surface area contributed by atoms with Crippen LogP contribution in [0.25, 0.3) is 10.9 Å². The molecule has 168 valence electrons. The van der Waals surface area contributed by atoms with E-state index in [0.29, 0.717) is 51.8 Å². The molecule has 0 amide bonds. The summed E-state index contributed by atoms with van der Waals surface area (Å²) in [5.41, 5.74) is 1.91. The van der Waals surface area contributed by atoms with Crippen molar-refractivity contribution in [3.8, 4) is 0 Å². The number of hydrogen-bond donors (Lipinski definition) is 3. The van der Waals surface area contributed by atoms with Crippen molar-refractivity contribution < 1.29 is 17.5 Å². The maximum absolute atomic E-state index is 13.5. The summed E-state index contributed by atoms with van der Waals surface area (Å²) in [5, 5.41) is 7.19. The van der Waals surface area contributed by atoms with Gasteiger partial charge in [-0.2, -0.15) is 4.31 Å². The van der Waals surface area contributed by atoms with Gasteiger partial charge >= 0.3 is 0 Å². The maximum atomic E-state index is 13.5. The van der Waals surface area contributed by atoms with Gasteiger partial charge < -0.3 is 20.4 Å². The first-order valence-corrected chi connectivity index (χ1v) is 11.4. The molecule has 2 aromatic rings. The number of aromatic nitrogens is 1. The van der Waals surface area contributed by atoms with E-state index in [1.165, 1.54) is 16.4 Å². The van der Waals surface area contributed by atoms with E-state index in [0.717, 1.165) is 16.5 Å². The van der Waals surface area contributed by atoms with Crippen molar-refractivity contribution in [2.75, 3.05) is 51.7 Å². The molecule has 1 fully saturated rings. The summed E-state index contributed by atoms with van der Waals surface area (Å²) in [6, 6.07) is 4.68. The van der Waals surface area contributed by atoms with Gasteiger partial charge in [-0.05, 0) is 37.1 Å². The van der Waals surface area contributed by atoms with Gasteiger partial charge in [0.05, 0.1) is 25.5 Å². The molecule has 1 aliphatic heterocycles. The van der Waals surface area contributed by atoms with Crippen molar-refractivity contribution >= 4 is 50.9 Å². The highest BCUT2D eigenvalue weighted by Crippen LogP contribution is 2.19. The second kappa shape index (κ2) is 11.8. The van der Waals surface area contributed by atoms with Gasteiger partial charge in [-0.15, -0.1) is 24.0 Å². The van der Waals surface area contributed by atoms with Crippen LogP contribution < -0.4 is 10.6 Å². The molecule has 0 aliphatic carbocycles. The fraction of sp³-hybridized carbons (Fsp3) is 0.526. The molecular formula is C19H29FIN5O3S. The molecule has 0 bridgehead atoms. The summed E-state index contributed by atoms with van der Waals surface area (Å²) in [7, 11) is -3.33. The molecule has 1 saturated heterocycles. The zero-order valence-corrected chi connectivity index (χ0v) is 20.1. The van der Waals surface area contributed by atoms with Gasteiger partial charge in [0.15, 0.2) is 5.96 Å². The number of rotatable bonds is 8. The SMILES string of the molecule is CCNC(=NCCS(=O)(=O)N1CCOCC1)NCCc1c[nH]c2ccc(F)cc12.I. The lowest BCUT2D eigenvalue weighted by atomic mass is 10.1. The highest BCUT2D eigenvalue weighted by atomic mass is 127. The standard InChI is InChI=1S/C19H28FN5O3S.HI/c1-2-21-19(23-7-12-29(26,27)25-8-10-28-11-9-25)22-6-5-15-14-24-18-4-3-16(20)13-17(15)18;/h3-4,13-14,24H,2,5-12H2,1H3,(H2,21,22,23);1H. The first-order chi connectivity index (χ1) is 14.0. The number of nitrogens with one attached hydrogen (secondary N) is 3. The van der Waals surface area contributed by atoms with E-state index < -0.39 is 10.0 Å². The van der Waals surface area contributed by atoms with Crippen LogP contribution in [-0.2, 0) is 21.2 Å². The van der Waals surface area contributed by atoms with Crippen molar-refractivity contribution in [1.29, 1.82) is 0 Å². The summed E-state index contributed by atoms with van der Waals surface area (Å²) in [4.78, 5) is 7.52. The van der Waals surface area contributed by atoms with Crippen LogP contribution in [0.3, 0.4) is 0 Å². The molecule has 1 aromatic carbocycles. The molecule has 1 aromatic heterocycles. The molecule has 0 unspecified atom stereocenters. The number of fused-ring (bicyclic) bond motifs is 1. The van der Waals surface area contributed by atoms with E-state index in [2.05, 4.69) is 20.6 Å². The fourth-order valence-electron chi connectivity index (χ4n) is 3.24. The van der Waals surface area contributed by atoms with Gasteiger partial charge in [0, 0.05) is 43.3 Å². The largest absolute Gasteiger partial charge is 0.379 e. The van der Waals surface area contributed by atoms with Crippen molar-refractivity contribution in [2.24, 2.45) is 4.99 Å². The molecule has 3 rings (SSSR count). The number of morpholine rings is 1. The average molecular weight is 553 g/mol. The van der Waals surface area contributed by atoms with Crippen LogP contribution in [0.4, 0.5) is 4.39 Å². The molecule has 2 heterocycles. The van der Waals surface area contributed by atoms with Gasteiger partial charge in [0.1, 0.15) is 5.82 Å². The summed E-state index contributed by atoms with van der Waals surface area (Å²) >= 11 is 0. The number of halogens is 2. The van der Waals surface area contributed by atoms with Gasteiger partial charge in [-0.1, -0.05) is 0 Å². The summed E-state index contributed by atoms with van der Waals surface area (Å²) in [6.45, 7) is 5.04. The molecular weight excluding hydrogens is 524 g/mol. The van der Waals surface area contributed by atoms with E-state index in [-0.39, 0.29) is 42.1 Å². The number of hydrogen-bond acceptors (Lipinski definition) is 4. The van der Waals surface area contributed by atoms with Gasteiger partial charge in [0.2, 0.25) is 10.0 Å². The predicted molar refractivity (Wildman–Crippen MR) is 128 cm³/mol. The Kier molecular flexibility index (Phi) is 9.78. The van der Waals surface area contributed by atoms with Crippen molar-refractivity contribution in [3.63, 3.8) is 0 Å². The molecule has 11 heteroatoms. The molecule has 0 spiro atoms. The first kappa shape index (κ1) is 24.8. The molecule has 30 heavy (non-hydrogen) atoms. The zero-order valence-electron chi connectivity index (χ0n) is 17.0. The lowest BCUT2D eigenvalue weighted by Gasteiger charge is -2.25. The van der Waals surface area contributed by atoms with Crippen LogP contribution in [0.2, 0.25) is 0 Å². The Labute approximate surface area is 193 Å². The molecule has 1 aliphatic rings. The number of aliphatic imine (C=N–C) groups is 1. The quantitative estimate of drug-likeness (QED) is 0.263. The number of ether oxygens (including phenoxy) is 1. The number of nitrogens with zero attached hydrogens (tertiary/aromatic N) is 2. The van der Waals surface area contributed by atoms with Crippen LogP contribution >= 0.6 is 24.0 Å². The second-order valence-electron chi connectivity index (χ2n) is 6.77. The van der Waals surface area contributed by atoms with Crippen LogP contribution in [0, 0.1) is 5.82 Å². The van der Waals surface area contributed by atoms with Crippen molar-refractivity contribution in [2.45, 2.75) is 13.3 Å². The van der Waals surface area contributed by atoms with Gasteiger partial charge in [0.25, 0.3) is 0 Å². The number of H-pyrrole nitrogens is 1. The average Bonchev–Trinajstić information content (AvgIpc) is 3.10. The van der Waals surface area contributed by atoms with Crippen LogP contribution in [0.15, 0.2) is 29.4 Å². The minimum atomic E-state index is -3.33. The first-order valence-electron chi connectivity index (χ1n) is 9.83. The Bertz CT molecular complexity index is 945. The minimum Gasteiger partial charge on any atom is -0.379 e. The monoisotopic (exact) mass is 553 g/mol. The molecule has 3 N–H and O–H groups in total. The Balaban J connectivity index is 0.00000320.